The molecule has 1 rings (SSSR count). The fourth-order valence-corrected chi connectivity index (χ4v) is 2.33. The Hall–Kier alpha value is 0.650. The first-order valence-electron chi connectivity index (χ1n) is 3.97. The normalized spacial score (nSPS) is 22.4. The summed E-state index contributed by atoms with van der Waals surface area (Å²) in [6, 6.07) is 0. The van der Waals surface area contributed by atoms with Gasteiger partial charge in [0.1, 0.15) is 0 Å². The number of hydrogen-bond donors (Lipinski definition) is 0. The van der Waals surface area contributed by atoms with Crippen LogP contribution in [-0.4, -0.2) is 15.7 Å². The average Bonchev–Trinajstić information content (AvgIpc) is 1.89. The molecule has 0 radical (unpaired) electrons. The van der Waals surface area contributed by atoms with Gasteiger partial charge >= 0.3 is 0 Å². The molecule has 0 atom stereocenters. The van der Waals surface area contributed by atoms with Crippen molar-refractivity contribution in [2.75, 3.05) is 4.61 Å². The van der Waals surface area contributed by atoms with Crippen molar-refractivity contribution in [3.63, 3.8) is 0 Å². The highest BCUT2D eigenvalue weighted by molar-refractivity contribution is 14.1. The molecule has 1 aliphatic carbocycles. The predicted octanol–water partition coefficient (Wildman–Crippen LogP) is 2.29. The summed E-state index contributed by atoms with van der Waals surface area (Å²) >= 11 is 2.28. The van der Waals surface area contributed by atoms with Crippen molar-refractivity contribution in [1.29, 1.82) is 0 Å². The van der Waals surface area contributed by atoms with Crippen LogP contribution in [0.15, 0.2) is 0 Å². The molecule has 0 unspecified atom stereocenters. The minimum Gasteiger partial charge on any atom is -0.412 e. The zero-order valence-corrected chi connectivity index (χ0v) is 9.19. The van der Waals surface area contributed by atoms with Crippen molar-refractivity contribution in [3.8, 4) is 0 Å². The fourth-order valence-electron chi connectivity index (χ4n) is 1.58. The van der Waals surface area contributed by atoms with Crippen molar-refractivity contribution < 1.29 is 10.2 Å². The monoisotopic (exact) mass is 272 g/mol. The second-order valence-electron chi connectivity index (χ2n) is 3.26. The van der Waals surface area contributed by atoms with E-state index in [0.29, 0.717) is 0 Å². The molecule has 2 nitrogen and oxygen atoms in total. The third kappa shape index (κ3) is 3.71. The Morgan fingerprint density at radius 3 is 2.27 bits per heavy atom. The van der Waals surface area contributed by atoms with Gasteiger partial charge in [-0.3, -0.25) is 0 Å². The summed E-state index contributed by atoms with van der Waals surface area (Å²) in [5.74, 6) is 0. The van der Waals surface area contributed by atoms with Crippen molar-refractivity contribution in [1.82, 2.24) is 0 Å². The minimum atomic E-state index is 0. The summed E-state index contributed by atoms with van der Waals surface area (Å²) in [5, 5.41) is 0. The molecule has 0 aliphatic heterocycles. The highest BCUT2D eigenvalue weighted by atomic mass is 127. The first-order valence-corrected chi connectivity index (χ1v) is 5.49. The molecular formula is C8H17IO2. The van der Waals surface area contributed by atoms with Crippen LogP contribution in [-0.2, 0) is 4.74 Å². The van der Waals surface area contributed by atoms with Gasteiger partial charge in [-0.25, -0.2) is 0 Å². The van der Waals surface area contributed by atoms with Crippen LogP contribution in [0.5, 0.6) is 0 Å². The van der Waals surface area contributed by atoms with Crippen LogP contribution in [0.25, 0.3) is 0 Å². The number of alkyl halides is 1. The summed E-state index contributed by atoms with van der Waals surface area (Å²) in [4.78, 5) is 0. The smallest absolute Gasteiger partial charge is 0.0986 e. The molecule has 2 N–H and O–H groups in total. The number of rotatable bonds is 2. The van der Waals surface area contributed by atoms with Crippen molar-refractivity contribution in [2.45, 2.75) is 44.6 Å². The molecule has 0 amide bonds. The Kier molecular flexibility index (Phi) is 5.64. The lowest BCUT2D eigenvalue weighted by molar-refractivity contribution is -0.0274. The zero-order valence-electron chi connectivity index (χ0n) is 7.03. The summed E-state index contributed by atoms with van der Waals surface area (Å²) in [5.41, 5.74) is 0.222. The van der Waals surface area contributed by atoms with E-state index in [9.17, 15) is 0 Å². The average molecular weight is 272 g/mol. The van der Waals surface area contributed by atoms with Crippen LogP contribution >= 0.6 is 22.6 Å². The van der Waals surface area contributed by atoms with E-state index in [2.05, 4.69) is 29.5 Å². The zero-order chi connectivity index (χ0) is 7.45. The highest BCUT2D eigenvalue weighted by Crippen LogP contribution is 2.31. The molecule has 11 heavy (non-hydrogen) atoms. The Labute approximate surface area is 82.1 Å². The van der Waals surface area contributed by atoms with E-state index < -0.39 is 0 Å². The van der Waals surface area contributed by atoms with E-state index in [1.165, 1.54) is 32.1 Å². The van der Waals surface area contributed by atoms with E-state index in [0.717, 1.165) is 4.61 Å². The molecule has 1 saturated carbocycles. The number of ether oxygens (including phenoxy) is 1. The molecule has 0 bridgehead atoms. The van der Waals surface area contributed by atoms with Gasteiger partial charge in [0.05, 0.1) is 10.2 Å². The van der Waals surface area contributed by atoms with Gasteiger partial charge in [-0.1, -0.05) is 41.9 Å². The van der Waals surface area contributed by atoms with Crippen LogP contribution < -0.4 is 0 Å². The molecule has 0 saturated heterocycles. The largest absolute Gasteiger partial charge is 0.412 e. The van der Waals surface area contributed by atoms with Crippen LogP contribution in [0.1, 0.15) is 39.0 Å². The van der Waals surface area contributed by atoms with Crippen molar-refractivity contribution in [3.05, 3.63) is 0 Å². The van der Waals surface area contributed by atoms with Crippen LogP contribution in [0.4, 0.5) is 0 Å². The van der Waals surface area contributed by atoms with Gasteiger partial charge in [0, 0.05) is 0 Å². The molecule has 3 heteroatoms. The fraction of sp³-hybridized carbons (Fsp3) is 1.00. The second kappa shape index (κ2) is 5.32. The number of hydrogen-bond acceptors (Lipinski definition) is 1. The molecule has 0 aromatic rings. The van der Waals surface area contributed by atoms with Crippen LogP contribution in [0.3, 0.4) is 0 Å². The Morgan fingerprint density at radius 2 is 1.82 bits per heavy atom. The van der Waals surface area contributed by atoms with E-state index >= 15 is 0 Å². The maximum absolute atomic E-state index is 5.66. The maximum atomic E-state index is 5.66. The minimum absolute atomic E-state index is 0. The van der Waals surface area contributed by atoms with Gasteiger partial charge in [-0.15, -0.1) is 0 Å². The lowest BCUT2D eigenvalue weighted by atomic mass is 9.86. The lowest BCUT2D eigenvalue weighted by Crippen LogP contribution is -2.30. The first kappa shape index (κ1) is 11.6. The number of halogens is 1. The third-order valence-electron chi connectivity index (χ3n) is 2.31. The Balaban J connectivity index is 0.000001000. The van der Waals surface area contributed by atoms with E-state index in [4.69, 9.17) is 4.74 Å². The second-order valence-corrected chi connectivity index (χ2v) is 3.89. The van der Waals surface area contributed by atoms with Gasteiger partial charge in [-0.05, 0) is 19.8 Å². The van der Waals surface area contributed by atoms with Gasteiger partial charge in [0.2, 0.25) is 0 Å². The molecule has 1 fully saturated rings. The van der Waals surface area contributed by atoms with E-state index in [1.807, 2.05) is 0 Å². The molecule has 0 aromatic carbocycles. The summed E-state index contributed by atoms with van der Waals surface area (Å²) in [6.45, 7) is 2.24. The summed E-state index contributed by atoms with van der Waals surface area (Å²) < 4.78 is 6.50. The molecule has 0 spiro atoms. The molecule has 68 valence electrons. The van der Waals surface area contributed by atoms with Gasteiger partial charge in [-0.2, -0.15) is 0 Å². The summed E-state index contributed by atoms with van der Waals surface area (Å²) in [6.07, 6.45) is 6.63. The Bertz CT molecular complexity index is 94.8. The molecule has 0 heterocycles. The quantitative estimate of drug-likeness (QED) is 0.561. The van der Waals surface area contributed by atoms with Crippen molar-refractivity contribution in [2.24, 2.45) is 0 Å². The topological polar surface area (TPSA) is 40.7 Å². The van der Waals surface area contributed by atoms with Crippen LogP contribution in [0.2, 0.25) is 0 Å². The molecular weight excluding hydrogens is 255 g/mol. The van der Waals surface area contributed by atoms with Gasteiger partial charge in [0.15, 0.2) is 0 Å². The van der Waals surface area contributed by atoms with Crippen LogP contribution in [0, 0.1) is 0 Å². The molecule has 0 aromatic heterocycles. The first-order chi connectivity index (χ1) is 4.77. The summed E-state index contributed by atoms with van der Waals surface area (Å²) in [7, 11) is 0. The van der Waals surface area contributed by atoms with Gasteiger partial charge in [0.25, 0.3) is 0 Å². The maximum Gasteiger partial charge on any atom is 0.0986 e. The highest BCUT2D eigenvalue weighted by Gasteiger charge is 2.26. The lowest BCUT2D eigenvalue weighted by Gasteiger charge is -2.32. The SMILES string of the molecule is CC1(OCI)CCCCC1.O. The standard InChI is InChI=1S/C8H15IO.H2O/c1-8(10-7-9)5-3-2-4-6-8;/h2-7H2,1H3;1H2. The van der Waals surface area contributed by atoms with Gasteiger partial charge < -0.3 is 10.2 Å². The molecule has 1 aliphatic rings. The van der Waals surface area contributed by atoms with Crippen molar-refractivity contribution >= 4 is 22.6 Å². The third-order valence-corrected chi connectivity index (χ3v) is 2.63. The van der Waals surface area contributed by atoms with E-state index in [1.54, 1.807) is 0 Å². The predicted molar refractivity (Wildman–Crippen MR) is 55.1 cm³/mol. The van der Waals surface area contributed by atoms with E-state index in [-0.39, 0.29) is 11.1 Å². The Morgan fingerprint density at radius 1 is 1.27 bits per heavy atom.